The third-order valence-electron chi connectivity index (χ3n) is 4.39. The molecular formula is C21H13ClN2O2S. The standard InChI is InChI=1S/C21H13ClN2O2S/c22-15-9-5-4-8-13(15)18-14(11-23)20(24)27-21-19(18)16(25)10-17(26-21)12-6-2-1-3-7-12/h1-10,18H,24H2. The molecule has 1 atom stereocenters. The Bertz CT molecular complexity index is 1160. The van der Waals surface area contributed by atoms with Crippen molar-refractivity contribution in [3.63, 3.8) is 0 Å². The first-order valence-electron chi connectivity index (χ1n) is 8.15. The number of halogens is 1. The van der Waals surface area contributed by atoms with Crippen molar-refractivity contribution >= 4 is 23.4 Å². The summed E-state index contributed by atoms with van der Waals surface area (Å²) in [5, 5.41) is 10.8. The van der Waals surface area contributed by atoms with Crippen molar-refractivity contribution in [1.29, 1.82) is 5.26 Å². The largest absolute Gasteiger partial charge is 0.449 e. The van der Waals surface area contributed by atoms with Crippen molar-refractivity contribution < 1.29 is 4.42 Å². The van der Waals surface area contributed by atoms with Gasteiger partial charge in [0.15, 0.2) is 10.5 Å². The van der Waals surface area contributed by atoms with Gasteiger partial charge in [-0.25, -0.2) is 0 Å². The zero-order valence-corrected chi connectivity index (χ0v) is 15.6. The van der Waals surface area contributed by atoms with Gasteiger partial charge in [0.05, 0.1) is 28.2 Å². The monoisotopic (exact) mass is 392 g/mol. The van der Waals surface area contributed by atoms with E-state index < -0.39 is 5.92 Å². The van der Waals surface area contributed by atoms with Crippen LogP contribution in [0.1, 0.15) is 17.0 Å². The molecule has 1 aliphatic heterocycles. The predicted molar refractivity (Wildman–Crippen MR) is 106 cm³/mol. The molecule has 0 spiro atoms. The molecule has 1 aromatic heterocycles. The molecule has 1 unspecified atom stereocenters. The van der Waals surface area contributed by atoms with Crippen molar-refractivity contribution in [2.75, 3.05) is 0 Å². The highest BCUT2D eigenvalue weighted by Gasteiger charge is 2.34. The van der Waals surface area contributed by atoms with Gasteiger partial charge < -0.3 is 10.2 Å². The fourth-order valence-electron chi connectivity index (χ4n) is 3.14. The molecule has 2 aromatic carbocycles. The number of hydrogen-bond donors (Lipinski definition) is 1. The number of hydrogen-bond acceptors (Lipinski definition) is 5. The Morgan fingerprint density at radius 2 is 1.81 bits per heavy atom. The van der Waals surface area contributed by atoms with Gasteiger partial charge in [-0.05, 0) is 23.4 Å². The molecule has 3 aromatic rings. The van der Waals surface area contributed by atoms with E-state index in [0.29, 0.717) is 37.6 Å². The summed E-state index contributed by atoms with van der Waals surface area (Å²) < 4.78 is 6.02. The number of fused-ring (bicyclic) bond motifs is 1. The summed E-state index contributed by atoms with van der Waals surface area (Å²) >= 11 is 7.46. The molecule has 1 aliphatic rings. The predicted octanol–water partition coefficient (Wildman–Crippen LogP) is 4.89. The molecular weight excluding hydrogens is 380 g/mol. The lowest BCUT2D eigenvalue weighted by atomic mass is 9.86. The van der Waals surface area contributed by atoms with Crippen LogP contribution < -0.4 is 11.2 Å². The minimum atomic E-state index is -0.652. The van der Waals surface area contributed by atoms with E-state index in [4.69, 9.17) is 21.8 Å². The highest BCUT2D eigenvalue weighted by atomic mass is 35.5. The molecule has 132 valence electrons. The molecule has 0 amide bonds. The van der Waals surface area contributed by atoms with E-state index in [2.05, 4.69) is 6.07 Å². The molecule has 0 radical (unpaired) electrons. The molecule has 27 heavy (non-hydrogen) atoms. The van der Waals surface area contributed by atoms with Crippen LogP contribution in [0.3, 0.4) is 0 Å². The van der Waals surface area contributed by atoms with E-state index in [-0.39, 0.29) is 5.43 Å². The van der Waals surface area contributed by atoms with Crippen LogP contribution in [0, 0.1) is 11.3 Å². The molecule has 0 bridgehead atoms. The maximum absolute atomic E-state index is 13.0. The molecule has 0 fully saturated rings. The summed E-state index contributed by atoms with van der Waals surface area (Å²) in [4.78, 5) is 13.0. The Morgan fingerprint density at radius 3 is 2.52 bits per heavy atom. The van der Waals surface area contributed by atoms with Crippen molar-refractivity contribution in [2.24, 2.45) is 5.73 Å². The van der Waals surface area contributed by atoms with Crippen LogP contribution in [0.25, 0.3) is 11.3 Å². The number of thioether (sulfide) groups is 1. The van der Waals surface area contributed by atoms with Gasteiger partial charge in [0.2, 0.25) is 0 Å². The number of benzene rings is 2. The molecule has 2 N–H and O–H groups in total. The third kappa shape index (κ3) is 3.03. The van der Waals surface area contributed by atoms with Crippen LogP contribution in [-0.2, 0) is 0 Å². The second kappa shape index (κ2) is 6.99. The summed E-state index contributed by atoms with van der Waals surface area (Å²) in [5.41, 5.74) is 8.06. The average molecular weight is 393 g/mol. The molecule has 4 rings (SSSR count). The third-order valence-corrected chi connectivity index (χ3v) is 5.66. The molecule has 2 heterocycles. The van der Waals surface area contributed by atoms with Crippen LogP contribution in [-0.4, -0.2) is 0 Å². The number of allylic oxidation sites excluding steroid dienone is 1. The van der Waals surface area contributed by atoms with Gasteiger partial charge in [-0.3, -0.25) is 4.79 Å². The summed E-state index contributed by atoms with van der Waals surface area (Å²) in [6.45, 7) is 0. The zero-order valence-electron chi connectivity index (χ0n) is 14.0. The maximum Gasteiger partial charge on any atom is 0.190 e. The van der Waals surface area contributed by atoms with Crippen LogP contribution in [0.4, 0.5) is 0 Å². The van der Waals surface area contributed by atoms with Crippen LogP contribution >= 0.6 is 23.4 Å². The lowest BCUT2D eigenvalue weighted by Crippen LogP contribution is -2.22. The van der Waals surface area contributed by atoms with Crippen molar-refractivity contribution in [3.05, 3.63) is 97.6 Å². The Morgan fingerprint density at radius 1 is 1.11 bits per heavy atom. The van der Waals surface area contributed by atoms with Crippen molar-refractivity contribution in [3.8, 4) is 17.4 Å². The Balaban J connectivity index is 1.97. The fraction of sp³-hybridized carbons (Fsp3) is 0.0476. The lowest BCUT2D eigenvalue weighted by molar-refractivity contribution is 0.453. The van der Waals surface area contributed by atoms with Gasteiger partial charge in [0, 0.05) is 16.7 Å². The molecule has 0 saturated carbocycles. The van der Waals surface area contributed by atoms with Crippen LogP contribution in [0.5, 0.6) is 0 Å². The fourth-order valence-corrected chi connectivity index (χ4v) is 4.32. The summed E-state index contributed by atoms with van der Waals surface area (Å²) in [6.07, 6.45) is 0. The van der Waals surface area contributed by atoms with E-state index in [9.17, 15) is 10.1 Å². The second-order valence-corrected chi connectivity index (χ2v) is 7.41. The minimum absolute atomic E-state index is 0.215. The quantitative estimate of drug-likeness (QED) is 0.671. The smallest absolute Gasteiger partial charge is 0.190 e. The van der Waals surface area contributed by atoms with E-state index >= 15 is 0 Å². The van der Waals surface area contributed by atoms with Gasteiger partial charge >= 0.3 is 0 Å². The lowest BCUT2D eigenvalue weighted by Gasteiger charge is -2.25. The Hall–Kier alpha value is -2.94. The van der Waals surface area contributed by atoms with Gasteiger partial charge in [-0.1, -0.05) is 60.1 Å². The maximum atomic E-state index is 13.0. The number of nitriles is 1. The van der Waals surface area contributed by atoms with E-state index in [1.807, 2.05) is 36.4 Å². The Labute approximate surface area is 164 Å². The summed E-state index contributed by atoms with van der Waals surface area (Å²) in [7, 11) is 0. The van der Waals surface area contributed by atoms with Crippen LogP contribution in [0.2, 0.25) is 5.02 Å². The van der Waals surface area contributed by atoms with Crippen molar-refractivity contribution in [1.82, 2.24) is 0 Å². The van der Waals surface area contributed by atoms with Gasteiger partial charge in [0.1, 0.15) is 5.76 Å². The highest BCUT2D eigenvalue weighted by Crippen LogP contribution is 2.46. The van der Waals surface area contributed by atoms with Gasteiger partial charge in [0.25, 0.3) is 0 Å². The molecule has 0 saturated heterocycles. The first-order chi connectivity index (χ1) is 13.1. The molecule has 4 nitrogen and oxygen atoms in total. The minimum Gasteiger partial charge on any atom is -0.449 e. The summed E-state index contributed by atoms with van der Waals surface area (Å²) in [5.74, 6) is -0.195. The molecule has 0 aliphatic carbocycles. The topological polar surface area (TPSA) is 80.0 Å². The first-order valence-corrected chi connectivity index (χ1v) is 9.35. The SMILES string of the molecule is N#CC1=C(N)Sc2oc(-c3ccccc3)cc(=O)c2C1c1ccccc1Cl. The van der Waals surface area contributed by atoms with Gasteiger partial charge in [-0.15, -0.1) is 0 Å². The van der Waals surface area contributed by atoms with Crippen molar-refractivity contribution in [2.45, 2.75) is 11.0 Å². The first kappa shape index (κ1) is 17.5. The van der Waals surface area contributed by atoms with E-state index in [1.54, 1.807) is 18.2 Å². The second-order valence-electron chi connectivity index (χ2n) is 5.99. The van der Waals surface area contributed by atoms with E-state index in [0.717, 1.165) is 17.3 Å². The van der Waals surface area contributed by atoms with Crippen LogP contribution in [0.15, 0.2) is 85.6 Å². The number of nitrogens with zero attached hydrogens (tertiary/aromatic N) is 1. The average Bonchev–Trinajstić information content (AvgIpc) is 2.68. The molecule has 6 heteroatoms. The summed E-state index contributed by atoms with van der Waals surface area (Å²) in [6, 6.07) is 20.1. The Kier molecular flexibility index (Phi) is 4.53. The highest BCUT2D eigenvalue weighted by molar-refractivity contribution is 8.03. The van der Waals surface area contributed by atoms with Gasteiger partial charge in [-0.2, -0.15) is 5.26 Å². The van der Waals surface area contributed by atoms with E-state index in [1.165, 1.54) is 6.07 Å². The normalized spacial score (nSPS) is 15.9. The zero-order chi connectivity index (χ0) is 19.0. The number of nitrogens with two attached hydrogens (primary N) is 1. The number of rotatable bonds is 2.